The van der Waals surface area contributed by atoms with E-state index in [1.165, 1.54) is 10.4 Å². The third-order valence-corrected chi connectivity index (χ3v) is 3.79. The molecule has 3 nitrogen and oxygen atoms in total. The average Bonchev–Trinajstić information content (AvgIpc) is 2.85. The molecule has 15 heavy (non-hydrogen) atoms. The summed E-state index contributed by atoms with van der Waals surface area (Å²) >= 11 is 1.70. The Morgan fingerprint density at radius 1 is 1.73 bits per heavy atom. The van der Waals surface area contributed by atoms with Crippen LogP contribution in [-0.4, -0.2) is 18.5 Å². The first kappa shape index (κ1) is 10.6. The van der Waals surface area contributed by atoms with E-state index in [2.05, 4.69) is 29.0 Å². The second-order valence-corrected chi connectivity index (χ2v) is 4.89. The molecule has 4 heteroatoms. The van der Waals surface area contributed by atoms with Crippen LogP contribution >= 0.6 is 11.3 Å². The summed E-state index contributed by atoms with van der Waals surface area (Å²) in [6.07, 6.45) is 2.07. The molecule has 1 amide bonds. The summed E-state index contributed by atoms with van der Waals surface area (Å²) in [7, 11) is 0. The quantitative estimate of drug-likeness (QED) is 0.815. The van der Waals surface area contributed by atoms with Crippen molar-refractivity contribution >= 4 is 17.2 Å². The Morgan fingerprint density at radius 2 is 2.60 bits per heavy atom. The Hall–Kier alpha value is -0.870. The lowest BCUT2D eigenvalue weighted by atomic mass is 10.2. The Labute approximate surface area is 93.9 Å². The number of carbonyl (C=O) groups excluding carboxylic acids is 1. The Balaban J connectivity index is 1.83. The highest BCUT2D eigenvalue weighted by Crippen LogP contribution is 2.15. The van der Waals surface area contributed by atoms with Gasteiger partial charge in [0, 0.05) is 4.88 Å². The summed E-state index contributed by atoms with van der Waals surface area (Å²) in [6.45, 7) is 3.71. The van der Waals surface area contributed by atoms with E-state index in [0.29, 0.717) is 6.54 Å². The summed E-state index contributed by atoms with van der Waals surface area (Å²) in [5.41, 5.74) is 1.26. The molecule has 1 aliphatic rings. The molecule has 2 N–H and O–H groups in total. The molecular weight excluding hydrogens is 208 g/mol. The standard InChI is InChI=1S/C11H16N2OS/c1-8-4-6-15-10(8)7-13-11(14)9-3-2-5-12-9/h4,6,9,12H,2-3,5,7H2,1H3,(H,13,14). The van der Waals surface area contributed by atoms with Gasteiger partial charge in [0.2, 0.25) is 5.91 Å². The lowest BCUT2D eigenvalue weighted by Crippen LogP contribution is -2.39. The molecule has 1 atom stereocenters. The number of aryl methyl sites for hydroxylation is 1. The number of rotatable bonds is 3. The van der Waals surface area contributed by atoms with E-state index in [1.54, 1.807) is 11.3 Å². The molecule has 1 unspecified atom stereocenters. The molecule has 0 radical (unpaired) electrons. The van der Waals surface area contributed by atoms with E-state index in [4.69, 9.17) is 0 Å². The minimum absolute atomic E-state index is 0.0327. The second-order valence-electron chi connectivity index (χ2n) is 3.89. The number of nitrogens with one attached hydrogen (secondary N) is 2. The average molecular weight is 224 g/mol. The Kier molecular flexibility index (Phi) is 3.38. The number of hydrogen-bond acceptors (Lipinski definition) is 3. The van der Waals surface area contributed by atoms with Gasteiger partial charge in [-0.2, -0.15) is 0 Å². The first-order valence-corrected chi connectivity index (χ1v) is 6.19. The molecule has 2 rings (SSSR count). The van der Waals surface area contributed by atoms with Crippen molar-refractivity contribution in [1.29, 1.82) is 0 Å². The first-order chi connectivity index (χ1) is 7.27. The molecule has 0 bridgehead atoms. The monoisotopic (exact) mass is 224 g/mol. The number of hydrogen-bond donors (Lipinski definition) is 2. The maximum atomic E-state index is 11.7. The van der Waals surface area contributed by atoms with Crippen LogP contribution in [0.25, 0.3) is 0 Å². The lowest BCUT2D eigenvalue weighted by Gasteiger charge is -2.10. The molecule has 82 valence electrons. The normalized spacial score (nSPS) is 20.5. The largest absolute Gasteiger partial charge is 0.350 e. The van der Waals surface area contributed by atoms with Crippen LogP contribution in [0.3, 0.4) is 0 Å². The molecule has 2 heterocycles. The molecule has 0 spiro atoms. The van der Waals surface area contributed by atoms with Gasteiger partial charge in [-0.1, -0.05) is 0 Å². The fourth-order valence-electron chi connectivity index (χ4n) is 1.78. The highest BCUT2D eigenvalue weighted by atomic mass is 32.1. The zero-order valence-corrected chi connectivity index (χ0v) is 9.69. The molecule has 0 aromatic carbocycles. The van der Waals surface area contributed by atoms with Crippen molar-refractivity contribution in [3.8, 4) is 0 Å². The maximum Gasteiger partial charge on any atom is 0.237 e. The third-order valence-electron chi connectivity index (χ3n) is 2.77. The lowest BCUT2D eigenvalue weighted by molar-refractivity contribution is -0.122. The SMILES string of the molecule is Cc1ccsc1CNC(=O)C1CCCN1. The highest BCUT2D eigenvalue weighted by molar-refractivity contribution is 7.10. The predicted octanol–water partition coefficient (Wildman–Crippen LogP) is 1.42. The summed E-state index contributed by atoms with van der Waals surface area (Å²) in [6, 6.07) is 2.12. The topological polar surface area (TPSA) is 41.1 Å². The summed E-state index contributed by atoms with van der Waals surface area (Å²) in [5, 5.41) is 8.23. The van der Waals surface area contributed by atoms with Crippen molar-refractivity contribution in [1.82, 2.24) is 10.6 Å². The second kappa shape index (κ2) is 4.77. The van der Waals surface area contributed by atoms with Gasteiger partial charge in [-0.15, -0.1) is 11.3 Å². The molecule has 0 aliphatic carbocycles. The molecule has 1 aliphatic heterocycles. The van der Waals surface area contributed by atoms with Crippen molar-refractivity contribution in [2.75, 3.05) is 6.54 Å². The molecule has 1 fully saturated rings. The molecule has 1 saturated heterocycles. The van der Waals surface area contributed by atoms with Crippen molar-refractivity contribution in [3.05, 3.63) is 21.9 Å². The molecule has 0 saturated carbocycles. The van der Waals surface area contributed by atoms with Gasteiger partial charge in [0.25, 0.3) is 0 Å². The van der Waals surface area contributed by atoms with E-state index in [0.717, 1.165) is 19.4 Å². The summed E-state index contributed by atoms with van der Waals surface area (Å²) in [4.78, 5) is 12.9. The maximum absolute atomic E-state index is 11.7. The highest BCUT2D eigenvalue weighted by Gasteiger charge is 2.21. The minimum Gasteiger partial charge on any atom is -0.350 e. The smallest absolute Gasteiger partial charge is 0.237 e. The molecular formula is C11H16N2OS. The van der Waals surface area contributed by atoms with E-state index in [-0.39, 0.29) is 11.9 Å². The van der Waals surface area contributed by atoms with Gasteiger partial charge < -0.3 is 10.6 Å². The van der Waals surface area contributed by atoms with Gasteiger partial charge >= 0.3 is 0 Å². The zero-order valence-electron chi connectivity index (χ0n) is 8.88. The predicted molar refractivity (Wildman–Crippen MR) is 61.9 cm³/mol. The van der Waals surface area contributed by atoms with Crippen LogP contribution in [0.5, 0.6) is 0 Å². The fraction of sp³-hybridized carbons (Fsp3) is 0.545. The Morgan fingerprint density at radius 3 is 3.20 bits per heavy atom. The minimum atomic E-state index is 0.0327. The van der Waals surface area contributed by atoms with E-state index < -0.39 is 0 Å². The van der Waals surface area contributed by atoms with Crippen molar-refractivity contribution in [2.45, 2.75) is 32.4 Å². The van der Waals surface area contributed by atoms with Gasteiger partial charge in [0.15, 0.2) is 0 Å². The summed E-state index contributed by atoms with van der Waals surface area (Å²) in [5.74, 6) is 0.139. The number of thiophene rings is 1. The van der Waals surface area contributed by atoms with Crippen LogP contribution in [0.2, 0.25) is 0 Å². The van der Waals surface area contributed by atoms with Crippen molar-refractivity contribution in [3.63, 3.8) is 0 Å². The van der Waals surface area contributed by atoms with Gasteiger partial charge in [0.05, 0.1) is 12.6 Å². The van der Waals surface area contributed by atoms with Crippen LogP contribution in [0.4, 0.5) is 0 Å². The van der Waals surface area contributed by atoms with Crippen LogP contribution in [0, 0.1) is 6.92 Å². The van der Waals surface area contributed by atoms with Crippen LogP contribution in [0.15, 0.2) is 11.4 Å². The Bertz CT molecular complexity index is 342. The van der Waals surface area contributed by atoms with Gasteiger partial charge in [-0.3, -0.25) is 4.79 Å². The first-order valence-electron chi connectivity index (χ1n) is 5.31. The van der Waals surface area contributed by atoms with Gasteiger partial charge in [-0.25, -0.2) is 0 Å². The van der Waals surface area contributed by atoms with Crippen molar-refractivity contribution in [2.24, 2.45) is 0 Å². The van der Waals surface area contributed by atoms with E-state index >= 15 is 0 Å². The van der Waals surface area contributed by atoms with Gasteiger partial charge in [-0.05, 0) is 43.3 Å². The third kappa shape index (κ3) is 2.58. The van der Waals surface area contributed by atoms with E-state index in [1.807, 2.05) is 0 Å². The molecule has 1 aromatic rings. The van der Waals surface area contributed by atoms with Crippen LogP contribution < -0.4 is 10.6 Å². The number of amides is 1. The molecule has 1 aromatic heterocycles. The van der Waals surface area contributed by atoms with E-state index in [9.17, 15) is 4.79 Å². The van der Waals surface area contributed by atoms with Gasteiger partial charge in [0.1, 0.15) is 0 Å². The van der Waals surface area contributed by atoms with Crippen molar-refractivity contribution < 1.29 is 4.79 Å². The fourth-order valence-corrected chi connectivity index (χ4v) is 2.63. The number of carbonyl (C=O) groups is 1. The zero-order chi connectivity index (χ0) is 10.7. The van der Waals surface area contributed by atoms with Crippen LogP contribution in [-0.2, 0) is 11.3 Å². The summed E-state index contributed by atoms with van der Waals surface area (Å²) < 4.78 is 0. The van der Waals surface area contributed by atoms with Crippen LogP contribution in [0.1, 0.15) is 23.3 Å².